The maximum atomic E-state index is 13.8. The van der Waals surface area contributed by atoms with Crippen molar-refractivity contribution >= 4 is 11.6 Å². The maximum absolute atomic E-state index is 13.8. The minimum Gasteiger partial charge on any atom is -0.308 e. The normalized spacial score (nSPS) is 12.4. The predicted molar refractivity (Wildman–Crippen MR) is 80.3 cm³/mol. The minimum absolute atomic E-state index is 0.0721. The Kier molecular flexibility index (Phi) is 5.65. The van der Waals surface area contributed by atoms with Crippen LogP contribution in [-0.2, 0) is 6.42 Å². The molecule has 1 unspecified atom stereocenters. The van der Waals surface area contributed by atoms with E-state index in [2.05, 4.69) is 10.3 Å². The van der Waals surface area contributed by atoms with Crippen molar-refractivity contribution in [3.05, 3.63) is 64.4 Å². The number of benzene rings is 1. The molecular weight excluding hydrogens is 294 g/mol. The third-order valence-corrected chi connectivity index (χ3v) is 3.44. The van der Waals surface area contributed by atoms with Gasteiger partial charge >= 0.3 is 0 Å². The topological polar surface area (TPSA) is 24.9 Å². The molecule has 0 spiro atoms. The molecule has 2 rings (SSSR count). The van der Waals surface area contributed by atoms with Gasteiger partial charge in [0, 0.05) is 11.8 Å². The first kappa shape index (κ1) is 15.9. The van der Waals surface area contributed by atoms with E-state index in [9.17, 15) is 8.78 Å². The Balaban J connectivity index is 2.26. The van der Waals surface area contributed by atoms with Crippen LogP contribution in [0.3, 0.4) is 0 Å². The van der Waals surface area contributed by atoms with E-state index >= 15 is 0 Å². The van der Waals surface area contributed by atoms with Crippen LogP contribution >= 0.6 is 11.6 Å². The first-order chi connectivity index (χ1) is 10.1. The highest BCUT2D eigenvalue weighted by atomic mass is 35.5. The summed E-state index contributed by atoms with van der Waals surface area (Å²) in [6.45, 7) is 2.77. The third kappa shape index (κ3) is 4.22. The van der Waals surface area contributed by atoms with Crippen LogP contribution in [0.4, 0.5) is 8.78 Å². The van der Waals surface area contributed by atoms with Crippen molar-refractivity contribution in [2.75, 3.05) is 6.54 Å². The molecule has 0 saturated carbocycles. The number of hydrogen-bond donors (Lipinski definition) is 1. The Hall–Kier alpha value is -1.52. The van der Waals surface area contributed by atoms with E-state index in [1.54, 1.807) is 12.1 Å². The number of nitrogens with zero attached hydrogens (tertiary/aromatic N) is 1. The minimum atomic E-state index is -0.535. The highest BCUT2D eigenvalue weighted by Crippen LogP contribution is 2.22. The summed E-state index contributed by atoms with van der Waals surface area (Å²) in [5.74, 6) is -1.07. The van der Waals surface area contributed by atoms with Gasteiger partial charge < -0.3 is 5.32 Å². The van der Waals surface area contributed by atoms with Crippen LogP contribution in [0.5, 0.6) is 0 Å². The molecule has 0 aliphatic carbocycles. The van der Waals surface area contributed by atoms with E-state index in [1.165, 1.54) is 24.4 Å². The third-order valence-electron chi connectivity index (χ3n) is 3.22. The zero-order chi connectivity index (χ0) is 15.2. The van der Waals surface area contributed by atoms with Crippen molar-refractivity contribution in [1.82, 2.24) is 10.3 Å². The zero-order valence-corrected chi connectivity index (χ0v) is 12.5. The maximum Gasteiger partial charge on any atom is 0.129 e. The van der Waals surface area contributed by atoms with E-state index in [1.807, 2.05) is 6.92 Å². The second kappa shape index (κ2) is 7.48. The van der Waals surface area contributed by atoms with E-state index in [0.29, 0.717) is 5.02 Å². The molecule has 1 aromatic carbocycles. The molecule has 5 heteroatoms. The lowest BCUT2D eigenvalue weighted by molar-refractivity contribution is 0.483. The van der Waals surface area contributed by atoms with Gasteiger partial charge in [-0.05, 0) is 43.7 Å². The van der Waals surface area contributed by atoms with Gasteiger partial charge in [-0.25, -0.2) is 8.78 Å². The molecule has 1 atom stereocenters. The summed E-state index contributed by atoms with van der Waals surface area (Å²) in [5, 5.41) is 3.80. The van der Waals surface area contributed by atoms with Gasteiger partial charge in [0.15, 0.2) is 0 Å². The largest absolute Gasteiger partial charge is 0.308 e. The number of halogens is 3. The Morgan fingerprint density at radius 2 is 1.90 bits per heavy atom. The quantitative estimate of drug-likeness (QED) is 0.860. The molecule has 0 radical (unpaired) electrons. The van der Waals surface area contributed by atoms with Gasteiger partial charge in [-0.3, -0.25) is 4.98 Å². The van der Waals surface area contributed by atoms with Crippen LogP contribution in [0.15, 0.2) is 36.5 Å². The average Bonchev–Trinajstić information content (AvgIpc) is 2.47. The Labute approximate surface area is 128 Å². The van der Waals surface area contributed by atoms with Crippen LogP contribution in [0.25, 0.3) is 0 Å². The van der Waals surface area contributed by atoms with E-state index in [0.717, 1.165) is 18.7 Å². The molecule has 0 aliphatic heterocycles. The van der Waals surface area contributed by atoms with Crippen molar-refractivity contribution in [1.29, 1.82) is 0 Å². The lowest BCUT2D eigenvalue weighted by Crippen LogP contribution is -2.25. The van der Waals surface area contributed by atoms with Crippen molar-refractivity contribution in [3.63, 3.8) is 0 Å². The summed E-state index contributed by atoms with van der Waals surface area (Å²) in [7, 11) is 0. The summed E-state index contributed by atoms with van der Waals surface area (Å²) in [6.07, 6.45) is 2.66. The standard InChI is InChI=1S/C16H17ClF2N2/c1-2-8-20-16(15-7-6-11(17)10-21-15)9-12-13(18)4-3-5-14(12)19/h3-7,10,16,20H,2,8-9H2,1H3. The van der Waals surface area contributed by atoms with E-state index in [-0.39, 0.29) is 18.0 Å². The fourth-order valence-electron chi connectivity index (χ4n) is 2.12. The van der Waals surface area contributed by atoms with Crippen molar-refractivity contribution in [2.45, 2.75) is 25.8 Å². The van der Waals surface area contributed by atoms with Gasteiger partial charge in [0.25, 0.3) is 0 Å². The van der Waals surface area contributed by atoms with Gasteiger partial charge in [0.2, 0.25) is 0 Å². The van der Waals surface area contributed by atoms with Gasteiger partial charge in [-0.2, -0.15) is 0 Å². The monoisotopic (exact) mass is 310 g/mol. The highest BCUT2D eigenvalue weighted by molar-refractivity contribution is 6.30. The van der Waals surface area contributed by atoms with Gasteiger partial charge in [-0.15, -0.1) is 0 Å². The summed E-state index contributed by atoms with van der Waals surface area (Å²) >= 11 is 5.83. The molecule has 112 valence electrons. The summed E-state index contributed by atoms with van der Waals surface area (Å²) in [5.41, 5.74) is 0.790. The Morgan fingerprint density at radius 3 is 2.48 bits per heavy atom. The lowest BCUT2D eigenvalue weighted by Gasteiger charge is -2.19. The molecule has 0 aliphatic rings. The number of rotatable bonds is 6. The number of pyridine rings is 1. The highest BCUT2D eigenvalue weighted by Gasteiger charge is 2.18. The second-order valence-corrected chi connectivity index (χ2v) is 5.25. The van der Waals surface area contributed by atoms with Crippen molar-refractivity contribution in [2.24, 2.45) is 0 Å². The smallest absolute Gasteiger partial charge is 0.129 e. The second-order valence-electron chi connectivity index (χ2n) is 4.81. The molecule has 0 fully saturated rings. The lowest BCUT2D eigenvalue weighted by atomic mass is 10.0. The Morgan fingerprint density at radius 1 is 1.19 bits per heavy atom. The van der Waals surface area contributed by atoms with Crippen LogP contribution in [0.2, 0.25) is 5.02 Å². The van der Waals surface area contributed by atoms with Crippen molar-refractivity contribution < 1.29 is 8.78 Å². The average molecular weight is 311 g/mol. The molecule has 2 aromatic rings. The molecule has 0 bridgehead atoms. The zero-order valence-electron chi connectivity index (χ0n) is 11.7. The number of aromatic nitrogens is 1. The van der Waals surface area contributed by atoms with Crippen LogP contribution < -0.4 is 5.32 Å². The number of nitrogens with one attached hydrogen (secondary N) is 1. The molecule has 21 heavy (non-hydrogen) atoms. The van der Waals surface area contributed by atoms with Crippen LogP contribution in [0, 0.1) is 11.6 Å². The fraction of sp³-hybridized carbons (Fsp3) is 0.312. The van der Waals surface area contributed by atoms with E-state index < -0.39 is 11.6 Å². The van der Waals surface area contributed by atoms with Crippen molar-refractivity contribution in [3.8, 4) is 0 Å². The molecule has 1 N–H and O–H groups in total. The molecule has 1 heterocycles. The summed E-state index contributed by atoms with van der Waals surface area (Å²) in [4.78, 5) is 4.25. The molecule has 1 aromatic heterocycles. The van der Waals surface area contributed by atoms with E-state index in [4.69, 9.17) is 11.6 Å². The summed E-state index contributed by atoms with van der Waals surface area (Å²) < 4.78 is 27.6. The SMILES string of the molecule is CCCNC(Cc1c(F)cccc1F)c1ccc(Cl)cn1. The first-order valence-corrected chi connectivity index (χ1v) is 7.27. The van der Waals surface area contributed by atoms with Gasteiger partial charge in [0.05, 0.1) is 16.8 Å². The predicted octanol–water partition coefficient (Wildman–Crippen LogP) is 4.30. The molecular formula is C16H17ClF2N2. The molecule has 0 saturated heterocycles. The molecule has 2 nitrogen and oxygen atoms in total. The van der Waals surface area contributed by atoms with Crippen LogP contribution in [-0.4, -0.2) is 11.5 Å². The first-order valence-electron chi connectivity index (χ1n) is 6.89. The van der Waals surface area contributed by atoms with Crippen LogP contribution in [0.1, 0.15) is 30.6 Å². The summed E-state index contributed by atoms with van der Waals surface area (Å²) in [6, 6.07) is 7.14. The Bertz CT molecular complexity index is 567. The molecule has 0 amide bonds. The fourth-order valence-corrected chi connectivity index (χ4v) is 2.24. The van der Waals surface area contributed by atoms with Gasteiger partial charge in [0.1, 0.15) is 11.6 Å². The number of hydrogen-bond acceptors (Lipinski definition) is 2. The van der Waals surface area contributed by atoms with Gasteiger partial charge in [-0.1, -0.05) is 24.6 Å².